The molecule has 3 nitrogen and oxygen atoms in total. The number of rotatable bonds is 4. The second kappa shape index (κ2) is 6.40. The van der Waals surface area contributed by atoms with Gasteiger partial charge in [0.15, 0.2) is 0 Å². The molecule has 2 rings (SSSR count). The number of hydrogen-bond acceptors (Lipinski definition) is 3. The van der Waals surface area contributed by atoms with Gasteiger partial charge in [-0.1, -0.05) is 36.8 Å². The number of carbonyl (C=O) groups is 1. The molecule has 0 heterocycles. The van der Waals surface area contributed by atoms with E-state index in [9.17, 15) is 4.79 Å². The molecular weight excluding hydrogens is 250 g/mol. The van der Waals surface area contributed by atoms with Crippen LogP contribution in [0.1, 0.15) is 38.2 Å². The van der Waals surface area contributed by atoms with Crippen LogP contribution >= 0.6 is 0 Å². The van der Waals surface area contributed by atoms with Gasteiger partial charge in [0, 0.05) is 19.4 Å². The normalized spacial score (nSPS) is 26.5. The Balaban J connectivity index is 2.39. The molecule has 1 aliphatic carbocycles. The van der Waals surface area contributed by atoms with Gasteiger partial charge in [-0.2, -0.15) is 0 Å². The molecule has 2 atom stereocenters. The SMILES string of the molecule is CC(=O)O[C@@]1(c2ccccc2)CCCC[C@H]1CN(C)C. The molecule has 1 fully saturated rings. The molecular formula is C17H25NO2. The van der Waals surface area contributed by atoms with Crippen LogP contribution in [0.15, 0.2) is 30.3 Å². The first kappa shape index (κ1) is 15.0. The van der Waals surface area contributed by atoms with Crippen LogP contribution in [0.5, 0.6) is 0 Å². The van der Waals surface area contributed by atoms with Crippen LogP contribution in [-0.4, -0.2) is 31.5 Å². The van der Waals surface area contributed by atoms with Gasteiger partial charge in [-0.05, 0) is 38.9 Å². The summed E-state index contributed by atoms with van der Waals surface area (Å²) in [5.41, 5.74) is 0.692. The van der Waals surface area contributed by atoms with E-state index in [-0.39, 0.29) is 5.97 Å². The maximum absolute atomic E-state index is 11.7. The third-order valence-electron chi connectivity index (χ3n) is 4.18. The molecule has 1 aromatic rings. The zero-order valence-corrected chi connectivity index (χ0v) is 12.8. The predicted octanol–water partition coefficient (Wildman–Crippen LogP) is 3.20. The third kappa shape index (κ3) is 3.21. The third-order valence-corrected chi connectivity index (χ3v) is 4.18. The van der Waals surface area contributed by atoms with Gasteiger partial charge in [0.05, 0.1) is 0 Å². The molecule has 0 bridgehead atoms. The summed E-state index contributed by atoms with van der Waals surface area (Å²) in [6.07, 6.45) is 4.37. The Hall–Kier alpha value is -1.35. The Kier molecular flexibility index (Phi) is 4.81. The molecule has 0 aromatic heterocycles. The first-order valence-electron chi connectivity index (χ1n) is 7.44. The first-order valence-corrected chi connectivity index (χ1v) is 7.44. The van der Waals surface area contributed by atoms with Crippen LogP contribution < -0.4 is 0 Å². The fourth-order valence-electron chi connectivity index (χ4n) is 3.45. The van der Waals surface area contributed by atoms with E-state index in [1.54, 1.807) is 0 Å². The highest BCUT2D eigenvalue weighted by Gasteiger charge is 2.45. The number of carbonyl (C=O) groups excluding carboxylic acids is 1. The summed E-state index contributed by atoms with van der Waals surface area (Å²) in [4.78, 5) is 13.9. The van der Waals surface area contributed by atoms with Crippen molar-refractivity contribution in [2.24, 2.45) is 5.92 Å². The van der Waals surface area contributed by atoms with E-state index in [0.29, 0.717) is 5.92 Å². The number of ether oxygens (including phenoxy) is 1. The number of hydrogen-bond donors (Lipinski definition) is 0. The molecule has 1 saturated carbocycles. The van der Waals surface area contributed by atoms with E-state index >= 15 is 0 Å². The van der Waals surface area contributed by atoms with Gasteiger partial charge in [0.1, 0.15) is 5.60 Å². The van der Waals surface area contributed by atoms with Gasteiger partial charge in [-0.3, -0.25) is 4.79 Å². The number of benzene rings is 1. The first-order chi connectivity index (χ1) is 9.54. The van der Waals surface area contributed by atoms with Gasteiger partial charge in [-0.25, -0.2) is 0 Å². The second-order valence-corrected chi connectivity index (χ2v) is 6.05. The Morgan fingerprint density at radius 1 is 1.30 bits per heavy atom. The average molecular weight is 275 g/mol. The van der Waals surface area contributed by atoms with Crippen molar-refractivity contribution < 1.29 is 9.53 Å². The Morgan fingerprint density at radius 2 is 2.00 bits per heavy atom. The van der Waals surface area contributed by atoms with Crippen LogP contribution in [0.4, 0.5) is 0 Å². The van der Waals surface area contributed by atoms with Crippen molar-refractivity contribution in [2.45, 2.75) is 38.2 Å². The fraction of sp³-hybridized carbons (Fsp3) is 0.588. The molecule has 110 valence electrons. The lowest BCUT2D eigenvalue weighted by atomic mass is 9.71. The topological polar surface area (TPSA) is 29.5 Å². The molecule has 0 saturated heterocycles. The lowest BCUT2D eigenvalue weighted by Gasteiger charge is -2.44. The van der Waals surface area contributed by atoms with Gasteiger partial charge < -0.3 is 9.64 Å². The quantitative estimate of drug-likeness (QED) is 0.790. The second-order valence-electron chi connectivity index (χ2n) is 6.05. The van der Waals surface area contributed by atoms with E-state index in [2.05, 4.69) is 31.1 Å². The maximum Gasteiger partial charge on any atom is 0.303 e. The molecule has 0 radical (unpaired) electrons. The van der Waals surface area contributed by atoms with Crippen molar-refractivity contribution in [3.05, 3.63) is 35.9 Å². The lowest BCUT2D eigenvalue weighted by Crippen LogP contribution is -2.46. The summed E-state index contributed by atoms with van der Waals surface area (Å²) < 4.78 is 5.91. The highest BCUT2D eigenvalue weighted by atomic mass is 16.6. The van der Waals surface area contributed by atoms with E-state index in [1.165, 1.54) is 13.3 Å². The van der Waals surface area contributed by atoms with E-state index in [4.69, 9.17) is 4.74 Å². The molecule has 3 heteroatoms. The summed E-state index contributed by atoms with van der Waals surface area (Å²) in [6.45, 7) is 2.47. The largest absolute Gasteiger partial charge is 0.454 e. The standard InChI is InChI=1S/C17H25NO2/c1-14(19)20-17(15-9-5-4-6-10-15)12-8-7-11-16(17)13-18(2)3/h4-6,9-10,16H,7-8,11-13H2,1-3H3/t16-,17+/m0/s1. The Bertz CT molecular complexity index is 444. The fourth-order valence-corrected chi connectivity index (χ4v) is 3.45. The van der Waals surface area contributed by atoms with Crippen molar-refractivity contribution in [3.8, 4) is 0 Å². The maximum atomic E-state index is 11.7. The Labute approximate surface area is 121 Å². The van der Waals surface area contributed by atoms with Crippen molar-refractivity contribution in [3.63, 3.8) is 0 Å². The van der Waals surface area contributed by atoms with Crippen LogP contribution in [0.25, 0.3) is 0 Å². The average Bonchev–Trinajstić information content (AvgIpc) is 2.41. The van der Waals surface area contributed by atoms with E-state index in [0.717, 1.165) is 31.4 Å². The Morgan fingerprint density at radius 3 is 2.60 bits per heavy atom. The summed E-state index contributed by atoms with van der Waals surface area (Å²) in [5.74, 6) is 0.178. The van der Waals surface area contributed by atoms with Crippen LogP contribution in [0.2, 0.25) is 0 Å². The minimum absolute atomic E-state index is 0.181. The zero-order chi connectivity index (χ0) is 14.6. The van der Waals surface area contributed by atoms with E-state index in [1.807, 2.05) is 18.2 Å². The van der Waals surface area contributed by atoms with Crippen LogP contribution in [-0.2, 0) is 15.1 Å². The lowest BCUT2D eigenvalue weighted by molar-refractivity contribution is -0.171. The molecule has 0 unspecified atom stereocenters. The van der Waals surface area contributed by atoms with Crippen molar-refractivity contribution in [1.82, 2.24) is 4.90 Å². The van der Waals surface area contributed by atoms with Crippen molar-refractivity contribution in [2.75, 3.05) is 20.6 Å². The molecule has 1 aliphatic rings. The van der Waals surface area contributed by atoms with Crippen LogP contribution in [0.3, 0.4) is 0 Å². The molecule has 1 aromatic carbocycles. The monoisotopic (exact) mass is 275 g/mol. The number of esters is 1. The van der Waals surface area contributed by atoms with Gasteiger partial charge in [0.2, 0.25) is 0 Å². The smallest absolute Gasteiger partial charge is 0.303 e. The van der Waals surface area contributed by atoms with Gasteiger partial charge in [0.25, 0.3) is 0 Å². The van der Waals surface area contributed by atoms with Gasteiger partial charge in [-0.15, -0.1) is 0 Å². The summed E-state index contributed by atoms with van der Waals surface area (Å²) in [5, 5.41) is 0. The zero-order valence-electron chi connectivity index (χ0n) is 12.8. The molecule has 0 aliphatic heterocycles. The van der Waals surface area contributed by atoms with Crippen molar-refractivity contribution >= 4 is 5.97 Å². The summed E-state index contributed by atoms with van der Waals surface area (Å²) in [7, 11) is 4.16. The minimum atomic E-state index is -0.449. The minimum Gasteiger partial charge on any atom is -0.454 e. The molecule has 0 N–H and O–H groups in total. The van der Waals surface area contributed by atoms with Crippen molar-refractivity contribution in [1.29, 1.82) is 0 Å². The molecule has 0 amide bonds. The summed E-state index contributed by atoms with van der Waals surface area (Å²) in [6, 6.07) is 10.3. The van der Waals surface area contributed by atoms with Gasteiger partial charge >= 0.3 is 5.97 Å². The number of nitrogens with zero attached hydrogens (tertiary/aromatic N) is 1. The summed E-state index contributed by atoms with van der Waals surface area (Å²) >= 11 is 0. The van der Waals surface area contributed by atoms with E-state index < -0.39 is 5.60 Å². The predicted molar refractivity (Wildman–Crippen MR) is 80.4 cm³/mol. The molecule has 0 spiro atoms. The highest BCUT2D eigenvalue weighted by molar-refractivity contribution is 5.67. The highest BCUT2D eigenvalue weighted by Crippen LogP contribution is 2.45. The van der Waals surface area contributed by atoms with Crippen LogP contribution in [0, 0.1) is 5.92 Å². The molecule has 20 heavy (non-hydrogen) atoms.